The average molecular weight is 433 g/mol. The van der Waals surface area contributed by atoms with Crippen LogP contribution in [0.5, 0.6) is 5.75 Å². The second kappa shape index (κ2) is 9.04. The van der Waals surface area contributed by atoms with Gasteiger partial charge in [-0.15, -0.1) is 0 Å². The molecule has 0 bridgehead atoms. The Morgan fingerprint density at radius 1 is 1.17 bits per heavy atom. The van der Waals surface area contributed by atoms with Crippen LogP contribution < -0.4 is 10.6 Å². The van der Waals surface area contributed by atoms with Gasteiger partial charge in [-0.25, -0.2) is 8.78 Å². The third kappa shape index (κ3) is 4.65. The van der Waals surface area contributed by atoms with Gasteiger partial charge in [-0.3, -0.25) is 4.79 Å². The number of hydrogen-bond donors (Lipinski definition) is 3. The number of nitrogens with one attached hydrogen (secondary N) is 2. The smallest absolute Gasteiger partial charge is 0.257 e. The molecule has 2 aromatic carbocycles. The van der Waals surface area contributed by atoms with E-state index in [4.69, 9.17) is 0 Å². The molecule has 0 aliphatic rings. The van der Waals surface area contributed by atoms with Crippen molar-refractivity contribution in [2.75, 3.05) is 24.7 Å². The fourth-order valence-electron chi connectivity index (χ4n) is 2.91. The standard InChI is InChI=1S/C20H21F2N5O2S/c1-4-15(11-8-12(21)10-13(22)9-11)23-18-19(26-30-25-18)24-16-7-5-6-14(17(16)28)20(29)27(2)3/h5-10,15,28H,4H2,1-3H3,(H,23,25)(H,24,26)/t15-/m1/s1. The highest BCUT2D eigenvalue weighted by atomic mass is 32.1. The molecule has 0 aliphatic heterocycles. The fraction of sp³-hybridized carbons (Fsp3) is 0.250. The van der Waals surface area contributed by atoms with Crippen molar-refractivity contribution in [2.45, 2.75) is 19.4 Å². The minimum Gasteiger partial charge on any atom is -0.505 e. The van der Waals surface area contributed by atoms with Gasteiger partial charge in [0, 0.05) is 20.2 Å². The fourth-order valence-corrected chi connectivity index (χ4v) is 3.39. The lowest BCUT2D eigenvalue weighted by atomic mass is 10.0. The van der Waals surface area contributed by atoms with Gasteiger partial charge in [0.05, 0.1) is 29.0 Å². The molecule has 0 unspecified atom stereocenters. The van der Waals surface area contributed by atoms with Gasteiger partial charge in [-0.1, -0.05) is 13.0 Å². The number of aromatic hydroxyl groups is 1. The van der Waals surface area contributed by atoms with E-state index in [2.05, 4.69) is 19.4 Å². The van der Waals surface area contributed by atoms with Gasteiger partial charge in [0.1, 0.15) is 11.6 Å². The Bertz CT molecular complexity index is 1040. The molecular weight excluding hydrogens is 412 g/mol. The zero-order valence-electron chi connectivity index (χ0n) is 16.6. The number of carbonyl (C=O) groups excluding carboxylic acids is 1. The summed E-state index contributed by atoms with van der Waals surface area (Å²) >= 11 is 0.931. The quantitative estimate of drug-likeness (QED) is 0.474. The molecule has 1 amide bonds. The van der Waals surface area contributed by atoms with Crippen LogP contribution in [0.4, 0.5) is 26.1 Å². The van der Waals surface area contributed by atoms with E-state index >= 15 is 0 Å². The van der Waals surface area contributed by atoms with Crippen molar-refractivity contribution in [2.24, 2.45) is 0 Å². The molecule has 3 aromatic rings. The van der Waals surface area contributed by atoms with E-state index in [0.29, 0.717) is 23.6 Å². The highest BCUT2D eigenvalue weighted by molar-refractivity contribution is 6.99. The molecule has 0 radical (unpaired) electrons. The number of para-hydroxylation sites is 1. The van der Waals surface area contributed by atoms with E-state index < -0.39 is 17.7 Å². The molecule has 1 heterocycles. The third-order valence-corrected chi connectivity index (χ3v) is 4.95. The molecule has 158 valence electrons. The van der Waals surface area contributed by atoms with Crippen LogP contribution in [0.3, 0.4) is 0 Å². The number of amides is 1. The van der Waals surface area contributed by atoms with Gasteiger partial charge in [-0.05, 0) is 36.2 Å². The number of anilines is 3. The summed E-state index contributed by atoms with van der Waals surface area (Å²) in [4.78, 5) is 13.6. The molecule has 30 heavy (non-hydrogen) atoms. The number of aromatic nitrogens is 2. The predicted molar refractivity (Wildman–Crippen MR) is 112 cm³/mol. The first-order valence-corrected chi connectivity index (χ1v) is 9.89. The van der Waals surface area contributed by atoms with Crippen LogP contribution in [0.15, 0.2) is 36.4 Å². The number of carbonyl (C=O) groups is 1. The van der Waals surface area contributed by atoms with Gasteiger partial charge >= 0.3 is 0 Å². The zero-order chi connectivity index (χ0) is 21.8. The van der Waals surface area contributed by atoms with Crippen molar-refractivity contribution < 1.29 is 18.7 Å². The van der Waals surface area contributed by atoms with Gasteiger partial charge in [-0.2, -0.15) is 8.75 Å². The molecule has 10 heteroatoms. The number of halogens is 2. The molecule has 1 aromatic heterocycles. The summed E-state index contributed by atoms with van der Waals surface area (Å²) in [6.07, 6.45) is 0.540. The second-order valence-corrected chi connectivity index (χ2v) is 7.32. The van der Waals surface area contributed by atoms with Crippen molar-refractivity contribution >= 4 is 35.0 Å². The number of rotatable bonds is 7. The van der Waals surface area contributed by atoms with E-state index in [0.717, 1.165) is 17.8 Å². The lowest BCUT2D eigenvalue weighted by molar-refractivity contribution is 0.0824. The lowest BCUT2D eigenvalue weighted by Gasteiger charge is -2.18. The first-order chi connectivity index (χ1) is 14.3. The second-order valence-electron chi connectivity index (χ2n) is 6.80. The summed E-state index contributed by atoms with van der Waals surface area (Å²) in [6, 6.07) is 7.69. The summed E-state index contributed by atoms with van der Waals surface area (Å²) in [5.41, 5.74) is 0.864. The Labute approximate surface area is 176 Å². The normalized spacial score (nSPS) is 11.8. The van der Waals surface area contributed by atoms with Gasteiger partial charge < -0.3 is 20.6 Å². The van der Waals surface area contributed by atoms with Gasteiger partial charge in [0.15, 0.2) is 17.4 Å². The molecular formula is C20H21F2N5O2S. The van der Waals surface area contributed by atoms with Crippen molar-refractivity contribution in [3.63, 3.8) is 0 Å². The van der Waals surface area contributed by atoms with E-state index in [9.17, 15) is 18.7 Å². The Morgan fingerprint density at radius 3 is 2.47 bits per heavy atom. The van der Waals surface area contributed by atoms with E-state index in [1.54, 1.807) is 26.2 Å². The minimum absolute atomic E-state index is 0.143. The maximum absolute atomic E-state index is 13.6. The molecule has 0 aliphatic carbocycles. The zero-order valence-corrected chi connectivity index (χ0v) is 17.4. The van der Waals surface area contributed by atoms with Crippen LogP contribution >= 0.6 is 11.7 Å². The SMILES string of the molecule is CC[C@@H](Nc1nsnc1Nc1cccc(C(=O)N(C)C)c1O)c1cc(F)cc(F)c1. The van der Waals surface area contributed by atoms with Crippen molar-refractivity contribution in [1.82, 2.24) is 13.6 Å². The number of benzene rings is 2. The molecule has 3 N–H and O–H groups in total. The van der Waals surface area contributed by atoms with E-state index in [-0.39, 0.29) is 22.9 Å². The van der Waals surface area contributed by atoms with E-state index in [1.165, 1.54) is 23.1 Å². The number of phenols is 1. The molecule has 0 spiro atoms. The summed E-state index contributed by atoms with van der Waals surface area (Å²) in [5.74, 6) is -1.19. The van der Waals surface area contributed by atoms with E-state index in [1.807, 2.05) is 6.92 Å². The first-order valence-electron chi connectivity index (χ1n) is 9.15. The molecule has 0 saturated carbocycles. The monoisotopic (exact) mass is 433 g/mol. The summed E-state index contributed by atoms with van der Waals surface area (Å²) < 4.78 is 35.6. The largest absolute Gasteiger partial charge is 0.505 e. The van der Waals surface area contributed by atoms with Crippen LogP contribution in [0.1, 0.15) is 35.3 Å². The number of nitrogens with zero attached hydrogens (tertiary/aromatic N) is 3. The van der Waals surface area contributed by atoms with Crippen LogP contribution in [-0.4, -0.2) is 38.8 Å². The first kappa shape index (κ1) is 21.4. The highest BCUT2D eigenvalue weighted by Crippen LogP contribution is 2.34. The van der Waals surface area contributed by atoms with Crippen LogP contribution in [0, 0.1) is 11.6 Å². The maximum Gasteiger partial charge on any atom is 0.257 e. The summed E-state index contributed by atoms with van der Waals surface area (Å²) in [5, 5.41) is 16.6. The van der Waals surface area contributed by atoms with Gasteiger partial charge in [0.25, 0.3) is 5.91 Å². The Hall–Kier alpha value is -3.27. The van der Waals surface area contributed by atoms with Crippen molar-refractivity contribution in [3.8, 4) is 5.75 Å². The third-order valence-electron chi connectivity index (χ3n) is 4.42. The lowest BCUT2D eigenvalue weighted by Crippen LogP contribution is -2.21. The molecule has 1 atom stereocenters. The molecule has 0 saturated heterocycles. The molecule has 7 nitrogen and oxygen atoms in total. The van der Waals surface area contributed by atoms with Crippen LogP contribution in [0.2, 0.25) is 0 Å². The topological polar surface area (TPSA) is 90.4 Å². The Balaban J connectivity index is 1.85. The number of hydrogen-bond acceptors (Lipinski definition) is 7. The molecule has 0 fully saturated rings. The average Bonchev–Trinajstić information content (AvgIpc) is 3.13. The van der Waals surface area contributed by atoms with Crippen LogP contribution in [0.25, 0.3) is 0 Å². The number of phenolic OH excluding ortho intramolecular Hbond substituents is 1. The molecule has 3 rings (SSSR count). The highest BCUT2D eigenvalue weighted by Gasteiger charge is 2.20. The van der Waals surface area contributed by atoms with Crippen molar-refractivity contribution in [3.05, 3.63) is 59.2 Å². The summed E-state index contributed by atoms with van der Waals surface area (Å²) in [7, 11) is 3.18. The van der Waals surface area contributed by atoms with Gasteiger partial charge in [0.2, 0.25) is 0 Å². The van der Waals surface area contributed by atoms with Crippen molar-refractivity contribution in [1.29, 1.82) is 0 Å². The maximum atomic E-state index is 13.6. The van der Waals surface area contributed by atoms with Crippen LogP contribution in [-0.2, 0) is 0 Å². The Morgan fingerprint density at radius 2 is 1.83 bits per heavy atom. The minimum atomic E-state index is -0.660. The Kier molecular flexibility index (Phi) is 6.46. The summed E-state index contributed by atoms with van der Waals surface area (Å²) in [6.45, 7) is 1.87. The predicted octanol–water partition coefficient (Wildman–Crippen LogP) is 4.53.